The first-order valence-corrected chi connectivity index (χ1v) is 7.78. The van der Waals surface area contributed by atoms with Gasteiger partial charge in [0.1, 0.15) is 11.2 Å². The summed E-state index contributed by atoms with van der Waals surface area (Å²) in [5.41, 5.74) is -0.712. The first-order valence-electron chi connectivity index (χ1n) is 7.40. The van der Waals surface area contributed by atoms with Crippen molar-refractivity contribution < 1.29 is 14.7 Å². The second-order valence-corrected chi connectivity index (χ2v) is 6.08. The maximum atomic E-state index is 12.5. The number of halogens is 1. The molecule has 0 aromatic carbocycles. The van der Waals surface area contributed by atoms with Gasteiger partial charge in [-0.1, -0.05) is 37.8 Å². The highest BCUT2D eigenvalue weighted by Crippen LogP contribution is 2.29. The topological polar surface area (TPSA) is 71.3 Å². The van der Waals surface area contributed by atoms with E-state index in [0.29, 0.717) is 30.1 Å². The Morgan fingerprint density at radius 3 is 2.62 bits per heavy atom. The molecule has 5 nitrogen and oxygen atoms in total. The van der Waals surface area contributed by atoms with E-state index in [0.717, 1.165) is 25.7 Å². The van der Waals surface area contributed by atoms with Gasteiger partial charge in [-0.3, -0.25) is 4.79 Å². The van der Waals surface area contributed by atoms with E-state index in [1.165, 1.54) is 0 Å². The lowest BCUT2D eigenvalue weighted by atomic mass is 9.81. The number of nitrogens with zero attached hydrogens (tertiary/aromatic N) is 1. The van der Waals surface area contributed by atoms with Crippen LogP contribution in [0.2, 0.25) is 5.02 Å². The first-order chi connectivity index (χ1) is 9.98. The van der Waals surface area contributed by atoms with Crippen LogP contribution in [0, 0.1) is 0 Å². The van der Waals surface area contributed by atoms with Crippen molar-refractivity contribution >= 4 is 23.5 Å². The second-order valence-electron chi connectivity index (χ2n) is 5.64. The summed E-state index contributed by atoms with van der Waals surface area (Å²) >= 11 is 5.97. The maximum absolute atomic E-state index is 12.5. The molecule has 1 aromatic heterocycles. The molecule has 0 radical (unpaired) electrons. The van der Waals surface area contributed by atoms with Crippen LogP contribution in [0.1, 0.15) is 55.9 Å². The molecule has 2 rings (SSSR count). The van der Waals surface area contributed by atoms with E-state index in [4.69, 9.17) is 11.6 Å². The molecular weight excluding hydrogens is 292 g/mol. The Hall–Kier alpha value is -1.49. The summed E-state index contributed by atoms with van der Waals surface area (Å²) in [6, 6.07) is 1.59. The fourth-order valence-corrected chi connectivity index (χ4v) is 3.14. The molecule has 0 bridgehead atoms. The number of hydrogen-bond donors (Lipinski definition) is 2. The largest absolute Gasteiger partial charge is 0.480 e. The number of amides is 1. The molecule has 116 valence electrons. The Labute approximate surface area is 129 Å². The molecule has 0 atom stereocenters. The standard InChI is InChI=1S/C15H21ClN2O3/c1-2-8-18-10-11(16)9-12(18)13(19)17-15(14(20)21)6-4-3-5-7-15/h9-10H,2-8H2,1H3,(H,17,19)(H,20,21). The van der Waals surface area contributed by atoms with Gasteiger partial charge in [-0.05, 0) is 25.3 Å². The first kappa shape index (κ1) is 15.9. The number of carboxylic acids is 1. The van der Waals surface area contributed by atoms with Crippen LogP contribution in [0.3, 0.4) is 0 Å². The van der Waals surface area contributed by atoms with Crippen molar-refractivity contribution in [3.63, 3.8) is 0 Å². The molecule has 1 aliphatic rings. The highest BCUT2D eigenvalue weighted by molar-refractivity contribution is 6.31. The number of carboxylic acid groups (broad SMARTS) is 1. The van der Waals surface area contributed by atoms with Gasteiger partial charge in [0.25, 0.3) is 5.91 Å². The van der Waals surface area contributed by atoms with Crippen molar-refractivity contribution in [2.24, 2.45) is 0 Å². The average molecular weight is 313 g/mol. The smallest absolute Gasteiger partial charge is 0.329 e. The zero-order valence-corrected chi connectivity index (χ0v) is 12.9. The molecule has 1 heterocycles. The molecule has 1 saturated carbocycles. The Kier molecular flexibility index (Phi) is 4.93. The number of aryl methyl sites for hydroxylation is 1. The molecular formula is C15H21ClN2O3. The van der Waals surface area contributed by atoms with Crippen molar-refractivity contribution in [2.75, 3.05) is 0 Å². The minimum Gasteiger partial charge on any atom is -0.480 e. The Bertz CT molecular complexity index is 533. The molecule has 6 heteroatoms. The van der Waals surface area contributed by atoms with Crippen molar-refractivity contribution in [1.82, 2.24) is 9.88 Å². The van der Waals surface area contributed by atoms with Crippen LogP contribution >= 0.6 is 11.6 Å². The monoisotopic (exact) mass is 312 g/mol. The van der Waals surface area contributed by atoms with Crippen LogP contribution in [0.4, 0.5) is 0 Å². The van der Waals surface area contributed by atoms with Crippen LogP contribution in [0.15, 0.2) is 12.3 Å². The van der Waals surface area contributed by atoms with Crippen molar-refractivity contribution in [1.29, 1.82) is 0 Å². The van der Waals surface area contributed by atoms with Crippen LogP contribution < -0.4 is 5.32 Å². The van der Waals surface area contributed by atoms with Crippen molar-refractivity contribution in [3.8, 4) is 0 Å². The quantitative estimate of drug-likeness (QED) is 0.877. The maximum Gasteiger partial charge on any atom is 0.329 e. The van der Waals surface area contributed by atoms with E-state index in [9.17, 15) is 14.7 Å². The van der Waals surface area contributed by atoms with E-state index >= 15 is 0 Å². The van der Waals surface area contributed by atoms with Gasteiger partial charge >= 0.3 is 5.97 Å². The second kappa shape index (κ2) is 6.52. The average Bonchev–Trinajstić information content (AvgIpc) is 2.81. The number of carbonyl (C=O) groups excluding carboxylic acids is 1. The molecule has 0 unspecified atom stereocenters. The summed E-state index contributed by atoms with van der Waals surface area (Å²) in [7, 11) is 0. The van der Waals surface area contributed by atoms with Gasteiger partial charge in [-0.15, -0.1) is 0 Å². The molecule has 0 spiro atoms. The molecule has 1 aliphatic carbocycles. The van der Waals surface area contributed by atoms with E-state index in [-0.39, 0.29) is 5.91 Å². The van der Waals surface area contributed by atoms with Gasteiger partial charge in [0.2, 0.25) is 0 Å². The number of aromatic nitrogens is 1. The summed E-state index contributed by atoms with van der Waals surface area (Å²) in [5, 5.41) is 12.7. The van der Waals surface area contributed by atoms with Crippen LogP contribution in [0.5, 0.6) is 0 Å². The van der Waals surface area contributed by atoms with Crippen molar-refractivity contribution in [2.45, 2.75) is 57.5 Å². The third-order valence-electron chi connectivity index (χ3n) is 4.03. The third-order valence-corrected chi connectivity index (χ3v) is 4.24. The summed E-state index contributed by atoms with van der Waals surface area (Å²) in [6.07, 6.45) is 6.20. The molecule has 1 aromatic rings. The van der Waals surface area contributed by atoms with E-state index in [2.05, 4.69) is 5.32 Å². The SMILES string of the molecule is CCCn1cc(Cl)cc1C(=O)NC1(C(=O)O)CCCCC1. The number of carbonyl (C=O) groups is 2. The summed E-state index contributed by atoms with van der Waals surface area (Å²) in [6.45, 7) is 2.69. The molecule has 1 fully saturated rings. The minimum atomic E-state index is -1.14. The lowest BCUT2D eigenvalue weighted by Gasteiger charge is -2.34. The predicted molar refractivity (Wildman–Crippen MR) is 80.7 cm³/mol. The number of aliphatic carboxylic acids is 1. The van der Waals surface area contributed by atoms with Gasteiger partial charge in [0.05, 0.1) is 5.02 Å². The third kappa shape index (κ3) is 3.40. The van der Waals surface area contributed by atoms with Gasteiger partial charge in [-0.2, -0.15) is 0 Å². The lowest BCUT2D eigenvalue weighted by Crippen LogP contribution is -2.55. The number of rotatable bonds is 5. The van der Waals surface area contributed by atoms with E-state index in [1.807, 2.05) is 6.92 Å². The Morgan fingerprint density at radius 1 is 1.38 bits per heavy atom. The van der Waals surface area contributed by atoms with Gasteiger partial charge in [-0.25, -0.2) is 4.79 Å². The fraction of sp³-hybridized carbons (Fsp3) is 0.600. The molecule has 21 heavy (non-hydrogen) atoms. The summed E-state index contributed by atoms with van der Waals surface area (Å²) < 4.78 is 1.77. The molecule has 1 amide bonds. The van der Waals surface area contributed by atoms with Gasteiger partial charge < -0.3 is 15.0 Å². The Balaban J connectivity index is 2.21. The number of hydrogen-bond acceptors (Lipinski definition) is 2. The van der Waals surface area contributed by atoms with Gasteiger partial charge in [0.15, 0.2) is 0 Å². The normalized spacial score (nSPS) is 17.4. The minimum absolute atomic E-state index is 0.361. The molecule has 2 N–H and O–H groups in total. The van der Waals surface area contributed by atoms with E-state index in [1.54, 1.807) is 16.8 Å². The predicted octanol–water partition coefficient (Wildman–Crippen LogP) is 3.07. The summed E-state index contributed by atoms with van der Waals surface area (Å²) in [5.74, 6) is -1.31. The zero-order valence-electron chi connectivity index (χ0n) is 12.2. The van der Waals surface area contributed by atoms with E-state index < -0.39 is 11.5 Å². The molecule has 0 saturated heterocycles. The Morgan fingerprint density at radius 2 is 2.05 bits per heavy atom. The lowest BCUT2D eigenvalue weighted by molar-refractivity contribution is -0.145. The van der Waals surface area contributed by atoms with Crippen molar-refractivity contribution in [3.05, 3.63) is 23.0 Å². The van der Waals surface area contributed by atoms with Crippen LogP contribution in [-0.4, -0.2) is 27.1 Å². The summed E-state index contributed by atoms with van der Waals surface area (Å²) in [4.78, 5) is 24.1. The number of nitrogens with one attached hydrogen (secondary N) is 1. The highest BCUT2D eigenvalue weighted by atomic mass is 35.5. The van der Waals surface area contributed by atoms with Crippen LogP contribution in [0.25, 0.3) is 0 Å². The van der Waals surface area contributed by atoms with Gasteiger partial charge in [0, 0.05) is 12.7 Å². The fourth-order valence-electron chi connectivity index (χ4n) is 2.92. The van der Waals surface area contributed by atoms with Crippen LogP contribution in [-0.2, 0) is 11.3 Å². The zero-order chi connectivity index (χ0) is 15.5. The highest BCUT2D eigenvalue weighted by Gasteiger charge is 2.41. The molecule has 0 aliphatic heterocycles.